The van der Waals surface area contributed by atoms with Crippen LogP contribution in [-0.4, -0.2) is 5.91 Å². The van der Waals surface area contributed by atoms with Crippen LogP contribution in [0.1, 0.15) is 36.8 Å². The van der Waals surface area contributed by atoms with Crippen molar-refractivity contribution in [3.63, 3.8) is 0 Å². The molecule has 1 aromatic carbocycles. The van der Waals surface area contributed by atoms with Crippen molar-refractivity contribution in [1.29, 1.82) is 0 Å². The van der Waals surface area contributed by atoms with E-state index in [4.69, 9.17) is 0 Å². The van der Waals surface area contributed by atoms with Crippen molar-refractivity contribution in [3.05, 3.63) is 52.2 Å². The molecule has 2 aromatic rings. The van der Waals surface area contributed by atoms with Crippen LogP contribution in [0.4, 0.5) is 5.69 Å². The Kier molecular flexibility index (Phi) is 5.32. The Morgan fingerprint density at radius 2 is 2.00 bits per heavy atom. The van der Waals surface area contributed by atoms with Gasteiger partial charge in [-0.3, -0.25) is 4.79 Å². The molecule has 0 aliphatic rings. The van der Waals surface area contributed by atoms with E-state index in [0.717, 1.165) is 12.2 Å². The maximum atomic E-state index is 11.3. The molecule has 0 unspecified atom stereocenters. The zero-order chi connectivity index (χ0) is 14.4. The van der Waals surface area contributed by atoms with Crippen LogP contribution in [0.15, 0.2) is 41.8 Å². The van der Waals surface area contributed by atoms with Gasteiger partial charge < -0.3 is 10.6 Å². The zero-order valence-electron chi connectivity index (χ0n) is 11.8. The van der Waals surface area contributed by atoms with Gasteiger partial charge in [-0.15, -0.1) is 11.3 Å². The SMILES string of the molecule is CCC(=O)Nc1ccc([C@H](C)NCc2cccs2)cc1. The van der Waals surface area contributed by atoms with Crippen LogP contribution in [0.3, 0.4) is 0 Å². The minimum absolute atomic E-state index is 0.0432. The van der Waals surface area contributed by atoms with Gasteiger partial charge in [-0.1, -0.05) is 25.1 Å². The lowest BCUT2D eigenvalue weighted by Gasteiger charge is -2.14. The summed E-state index contributed by atoms with van der Waals surface area (Å²) >= 11 is 1.76. The molecule has 0 bridgehead atoms. The molecule has 1 heterocycles. The van der Waals surface area contributed by atoms with E-state index < -0.39 is 0 Å². The smallest absolute Gasteiger partial charge is 0.224 e. The molecular weight excluding hydrogens is 268 g/mol. The van der Waals surface area contributed by atoms with E-state index in [1.165, 1.54) is 10.4 Å². The normalized spacial score (nSPS) is 12.1. The van der Waals surface area contributed by atoms with Crippen molar-refractivity contribution in [2.75, 3.05) is 5.32 Å². The summed E-state index contributed by atoms with van der Waals surface area (Å²) in [5, 5.41) is 8.44. The average molecular weight is 288 g/mol. The van der Waals surface area contributed by atoms with Gasteiger partial charge in [-0.2, -0.15) is 0 Å². The van der Waals surface area contributed by atoms with Crippen molar-refractivity contribution < 1.29 is 4.79 Å². The van der Waals surface area contributed by atoms with Crippen molar-refractivity contribution in [2.24, 2.45) is 0 Å². The predicted octanol–water partition coefficient (Wildman–Crippen LogP) is 3.95. The average Bonchev–Trinajstić information content (AvgIpc) is 2.98. The molecule has 0 fully saturated rings. The van der Waals surface area contributed by atoms with Gasteiger partial charge in [0.2, 0.25) is 5.91 Å². The summed E-state index contributed by atoms with van der Waals surface area (Å²) in [6, 6.07) is 12.5. The lowest BCUT2D eigenvalue weighted by molar-refractivity contribution is -0.115. The van der Waals surface area contributed by atoms with Crippen molar-refractivity contribution in [1.82, 2.24) is 5.32 Å². The second-order valence-electron chi connectivity index (χ2n) is 4.71. The van der Waals surface area contributed by atoms with Crippen molar-refractivity contribution >= 4 is 22.9 Å². The molecule has 1 amide bonds. The fourth-order valence-electron chi connectivity index (χ4n) is 1.89. The monoisotopic (exact) mass is 288 g/mol. The molecule has 0 aliphatic carbocycles. The van der Waals surface area contributed by atoms with Crippen molar-refractivity contribution in [2.45, 2.75) is 32.9 Å². The number of carbonyl (C=O) groups is 1. The first-order valence-corrected chi connectivity index (χ1v) is 7.72. The third kappa shape index (κ3) is 4.18. The highest BCUT2D eigenvalue weighted by atomic mass is 32.1. The molecule has 1 atom stereocenters. The highest BCUT2D eigenvalue weighted by Crippen LogP contribution is 2.17. The fraction of sp³-hybridized carbons (Fsp3) is 0.312. The number of rotatable bonds is 6. The van der Waals surface area contributed by atoms with Gasteiger partial charge in [-0.25, -0.2) is 0 Å². The van der Waals surface area contributed by atoms with E-state index in [1.807, 2.05) is 19.1 Å². The Morgan fingerprint density at radius 3 is 2.60 bits per heavy atom. The quantitative estimate of drug-likeness (QED) is 0.845. The largest absolute Gasteiger partial charge is 0.326 e. The molecule has 2 N–H and O–H groups in total. The molecule has 0 radical (unpaired) electrons. The van der Waals surface area contributed by atoms with Crippen molar-refractivity contribution in [3.8, 4) is 0 Å². The van der Waals surface area contributed by atoms with Gasteiger partial charge in [0.1, 0.15) is 0 Å². The summed E-state index contributed by atoms with van der Waals surface area (Å²) < 4.78 is 0. The minimum Gasteiger partial charge on any atom is -0.326 e. The van der Waals surface area contributed by atoms with Gasteiger partial charge in [0.25, 0.3) is 0 Å². The second-order valence-corrected chi connectivity index (χ2v) is 5.74. The summed E-state index contributed by atoms with van der Waals surface area (Å²) in [5.74, 6) is 0.0432. The number of nitrogens with one attached hydrogen (secondary N) is 2. The van der Waals surface area contributed by atoms with E-state index in [1.54, 1.807) is 11.3 Å². The molecule has 2 rings (SSSR count). The van der Waals surface area contributed by atoms with Crippen LogP contribution in [0, 0.1) is 0 Å². The summed E-state index contributed by atoms with van der Waals surface area (Å²) in [5.41, 5.74) is 2.07. The highest BCUT2D eigenvalue weighted by molar-refractivity contribution is 7.09. The minimum atomic E-state index is 0.0432. The third-order valence-electron chi connectivity index (χ3n) is 3.18. The molecule has 0 spiro atoms. The Morgan fingerprint density at radius 1 is 1.25 bits per heavy atom. The fourth-order valence-corrected chi connectivity index (χ4v) is 2.54. The maximum absolute atomic E-state index is 11.3. The van der Waals surface area contributed by atoms with Gasteiger partial charge in [-0.05, 0) is 36.1 Å². The van der Waals surface area contributed by atoms with E-state index >= 15 is 0 Å². The molecule has 0 aliphatic heterocycles. The number of carbonyl (C=O) groups excluding carboxylic acids is 1. The predicted molar refractivity (Wildman–Crippen MR) is 84.9 cm³/mol. The Hall–Kier alpha value is -1.65. The summed E-state index contributed by atoms with van der Waals surface area (Å²) in [6.07, 6.45) is 0.501. The van der Waals surface area contributed by atoms with Crippen LogP contribution in [0.2, 0.25) is 0 Å². The number of thiophene rings is 1. The third-order valence-corrected chi connectivity index (χ3v) is 4.05. The van der Waals surface area contributed by atoms with Crippen LogP contribution >= 0.6 is 11.3 Å². The lowest BCUT2D eigenvalue weighted by Crippen LogP contribution is -2.17. The molecular formula is C16H20N2OS. The van der Waals surface area contributed by atoms with Gasteiger partial charge >= 0.3 is 0 Å². The van der Waals surface area contributed by atoms with E-state index in [-0.39, 0.29) is 11.9 Å². The Labute approximate surface area is 124 Å². The Bertz CT molecular complexity index is 534. The van der Waals surface area contributed by atoms with Gasteiger partial charge in [0.05, 0.1) is 0 Å². The molecule has 3 nitrogen and oxygen atoms in total. The zero-order valence-corrected chi connectivity index (χ0v) is 12.7. The summed E-state index contributed by atoms with van der Waals surface area (Å²) in [4.78, 5) is 12.6. The van der Waals surface area contributed by atoms with Crippen LogP contribution in [0.5, 0.6) is 0 Å². The number of amides is 1. The molecule has 20 heavy (non-hydrogen) atoms. The first-order chi connectivity index (χ1) is 9.69. The van der Waals surface area contributed by atoms with E-state index in [9.17, 15) is 4.79 Å². The Balaban J connectivity index is 1.90. The second kappa shape index (κ2) is 7.22. The first-order valence-electron chi connectivity index (χ1n) is 6.84. The number of benzene rings is 1. The topological polar surface area (TPSA) is 41.1 Å². The summed E-state index contributed by atoms with van der Waals surface area (Å²) in [6.45, 7) is 4.88. The molecule has 4 heteroatoms. The van der Waals surface area contributed by atoms with Gasteiger partial charge in [0.15, 0.2) is 0 Å². The van der Waals surface area contributed by atoms with Crippen LogP contribution < -0.4 is 10.6 Å². The highest BCUT2D eigenvalue weighted by Gasteiger charge is 2.06. The standard InChI is InChI=1S/C16H20N2OS/c1-3-16(19)18-14-8-6-13(7-9-14)12(2)17-11-15-5-4-10-20-15/h4-10,12,17H,3,11H2,1-2H3,(H,18,19)/t12-/m0/s1. The van der Waals surface area contributed by atoms with E-state index in [0.29, 0.717) is 6.42 Å². The molecule has 0 saturated heterocycles. The van der Waals surface area contributed by atoms with Crippen LogP contribution in [-0.2, 0) is 11.3 Å². The van der Waals surface area contributed by atoms with Crippen LogP contribution in [0.25, 0.3) is 0 Å². The molecule has 0 saturated carbocycles. The maximum Gasteiger partial charge on any atom is 0.224 e. The van der Waals surface area contributed by atoms with E-state index in [2.05, 4.69) is 47.2 Å². The lowest BCUT2D eigenvalue weighted by atomic mass is 10.1. The number of hydrogen-bond donors (Lipinski definition) is 2. The molecule has 106 valence electrons. The molecule has 1 aromatic heterocycles. The number of anilines is 1. The first kappa shape index (κ1) is 14.8. The van der Waals surface area contributed by atoms with Gasteiger partial charge in [0, 0.05) is 29.6 Å². The number of hydrogen-bond acceptors (Lipinski definition) is 3. The summed E-state index contributed by atoms with van der Waals surface area (Å²) in [7, 11) is 0.